The second-order valence-corrected chi connectivity index (χ2v) is 7.87. The largest absolute Gasteiger partial charge is 0.353 e. The van der Waals surface area contributed by atoms with Crippen molar-refractivity contribution in [2.24, 2.45) is 19.5 Å². The van der Waals surface area contributed by atoms with E-state index in [9.17, 15) is 24.0 Å². The minimum atomic E-state index is -1.55. The van der Waals surface area contributed by atoms with Crippen LogP contribution in [0.3, 0.4) is 0 Å². The van der Waals surface area contributed by atoms with Gasteiger partial charge in [0.1, 0.15) is 5.82 Å². The molecule has 2 fully saturated rings. The van der Waals surface area contributed by atoms with Crippen LogP contribution in [-0.2, 0) is 30.1 Å². The number of imide groups is 2. The lowest BCUT2D eigenvalue weighted by Crippen LogP contribution is -2.73. The molecule has 0 saturated carbocycles. The van der Waals surface area contributed by atoms with Gasteiger partial charge >= 0.3 is 11.7 Å². The van der Waals surface area contributed by atoms with Crippen LogP contribution in [-0.4, -0.2) is 63.5 Å². The summed E-state index contributed by atoms with van der Waals surface area (Å²) in [6, 6.07) is -1.19. The van der Waals surface area contributed by atoms with Crippen molar-refractivity contribution in [3.8, 4) is 0 Å². The van der Waals surface area contributed by atoms with Gasteiger partial charge in [-0.1, -0.05) is 0 Å². The average Bonchev–Trinajstić information content (AvgIpc) is 2.71. The van der Waals surface area contributed by atoms with E-state index in [1.54, 1.807) is 7.05 Å². The van der Waals surface area contributed by atoms with Crippen molar-refractivity contribution in [3.05, 3.63) is 26.4 Å². The van der Waals surface area contributed by atoms with Crippen molar-refractivity contribution in [1.82, 2.24) is 18.9 Å². The number of carbonyl (C=O) groups is 3. The molecular weight excluding hydrogens is 366 g/mol. The fourth-order valence-corrected chi connectivity index (χ4v) is 5.04. The van der Waals surface area contributed by atoms with Gasteiger partial charge in [0.05, 0.1) is 11.6 Å². The number of piperidine rings is 1. The zero-order valence-corrected chi connectivity index (χ0v) is 16.4. The maximum atomic E-state index is 13.3. The van der Waals surface area contributed by atoms with E-state index in [4.69, 9.17) is 0 Å². The molecule has 3 aliphatic rings. The number of rotatable bonds is 0. The van der Waals surface area contributed by atoms with E-state index in [2.05, 4.69) is 0 Å². The second kappa shape index (κ2) is 5.79. The number of hydrogen-bond donors (Lipinski definition) is 0. The van der Waals surface area contributed by atoms with Gasteiger partial charge in [0.2, 0.25) is 11.8 Å². The van der Waals surface area contributed by atoms with E-state index in [0.717, 1.165) is 27.2 Å². The SMILES string of the molecule is CN1C(=O)N(C)C(=O)C2(Cc3c(n(C)c(=O)n(C)c3=O)N3CCCCC32)C1=O. The summed E-state index contributed by atoms with van der Waals surface area (Å²) < 4.78 is 2.41. The predicted octanol–water partition coefficient (Wildman–Crippen LogP) is -0.964. The zero-order valence-electron chi connectivity index (χ0n) is 16.4. The third kappa shape index (κ3) is 2.00. The maximum absolute atomic E-state index is 13.3. The minimum Gasteiger partial charge on any atom is -0.353 e. The normalized spacial score (nSPS) is 23.9. The number of amides is 4. The van der Waals surface area contributed by atoms with Crippen LogP contribution in [0.2, 0.25) is 0 Å². The first-order valence-electron chi connectivity index (χ1n) is 9.30. The molecule has 3 aliphatic heterocycles. The molecule has 4 heterocycles. The summed E-state index contributed by atoms with van der Waals surface area (Å²) >= 11 is 0. The number of carbonyl (C=O) groups excluding carboxylic acids is 3. The van der Waals surface area contributed by atoms with E-state index in [-0.39, 0.29) is 12.0 Å². The Balaban J connectivity index is 2.04. The molecule has 1 spiro atoms. The van der Waals surface area contributed by atoms with Gasteiger partial charge in [-0.3, -0.25) is 33.3 Å². The Morgan fingerprint density at radius 2 is 1.46 bits per heavy atom. The fourth-order valence-electron chi connectivity index (χ4n) is 5.04. The molecule has 10 nitrogen and oxygen atoms in total. The fraction of sp³-hybridized carbons (Fsp3) is 0.611. The molecule has 0 aromatic carbocycles. The molecular formula is C18H23N5O5. The van der Waals surface area contributed by atoms with Crippen molar-refractivity contribution in [3.63, 3.8) is 0 Å². The molecule has 0 bridgehead atoms. The number of aromatic nitrogens is 2. The van der Waals surface area contributed by atoms with Crippen molar-refractivity contribution < 1.29 is 14.4 Å². The highest BCUT2D eigenvalue weighted by molar-refractivity contribution is 6.20. The quantitative estimate of drug-likeness (QED) is 0.529. The van der Waals surface area contributed by atoms with Gasteiger partial charge in [0.25, 0.3) is 5.56 Å². The summed E-state index contributed by atoms with van der Waals surface area (Å²) in [4.78, 5) is 68.2. The van der Waals surface area contributed by atoms with Gasteiger partial charge in [-0.25, -0.2) is 9.59 Å². The number of barbiturate groups is 1. The summed E-state index contributed by atoms with van der Waals surface area (Å²) in [5.41, 5.74) is -2.24. The van der Waals surface area contributed by atoms with E-state index < -0.39 is 40.6 Å². The monoisotopic (exact) mass is 389 g/mol. The highest BCUT2D eigenvalue weighted by Crippen LogP contribution is 2.47. The Morgan fingerprint density at radius 3 is 2.07 bits per heavy atom. The maximum Gasteiger partial charge on any atom is 0.332 e. The highest BCUT2D eigenvalue weighted by atomic mass is 16.2. The lowest BCUT2D eigenvalue weighted by molar-refractivity contribution is -0.159. The molecule has 1 atom stereocenters. The molecule has 2 saturated heterocycles. The molecule has 150 valence electrons. The number of anilines is 1. The van der Waals surface area contributed by atoms with Crippen molar-refractivity contribution in [1.29, 1.82) is 0 Å². The first kappa shape index (κ1) is 18.5. The summed E-state index contributed by atoms with van der Waals surface area (Å²) in [6.45, 7) is 0.530. The van der Waals surface area contributed by atoms with Gasteiger partial charge in [-0.2, -0.15) is 0 Å². The molecule has 4 amide bonds. The zero-order chi connectivity index (χ0) is 20.5. The van der Waals surface area contributed by atoms with E-state index in [0.29, 0.717) is 18.8 Å². The van der Waals surface area contributed by atoms with Crippen LogP contribution >= 0.6 is 0 Å². The van der Waals surface area contributed by atoms with E-state index in [1.807, 2.05) is 4.90 Å². The van der Waals surface area contributed by atoms with Crippen LogP contribution in [0.15, 0.2) is 9.59 Å². The Bertz CT molecular complexity index is 1010. The van der Waals surface area contributed by atoms with Crippen LogP contribution in [0, 0.1) is 5.41 Å². The van der Waals surface area contributed by atoms with Gasteiger partial charge < -0.3 is 4.90 Å². The van der Waals surface area contributed by atoms with Crippen LogP contribution in [0.1, 0.15) is 24.8 Å². The molecule has 10 heteroatoms. The van der Waals surface area contributed by atoms with Gasteiger partial charge in [0, 0.05) is 41.2 Å². The molecule has 0 radical (unpaired) electrons. The number of fused-ring (bicyclic) bond motifs is 4. The second-order valence-electron chi connectivity index (χ2n) is 7.87. The molecule has 4 rings (SSSR count). The van der Waals surface area contributed by atoms with Gasteiger partial charge in [-0.05, 0) is 19.3 Å². The summed E-state index contributed by atoms with van der Waals surface area (Å²) in [7, 11) is 5.69. The summed E-state index contributed by atoms with van der Waals surface area (Å²) in [5.74, 6) is -0.690. The number of urea groups is 1. The number of nitrogens with zero attached hydrogens (tertiary/aromatic N) is 5. The highest BCUT2D eigenvalue weighted by Gasteiger charge is 2.64. The Hall–Kier alpha value is -2.91. The van der Waals surface area contributed by atoms with Crippen molar-refractivity contribution in [2.45, 2.75) is 31.7 Å². The van der Waals surface area contributed by atoms with Crippen LogP contribution in [0.5, 0.6) is 0 Å². The van der Waals surface area contributed by atoms with Crippen molar-refractivity contribution >= 4 is 23.7 Å². The number of hydrogen-bond acceptors (Lipinski definition) is 6. The molecule has 1 aromatic rings. The third-order valence-corrected chi connectivity index (χ3v) is 6.47. The predicted molar refractivity (Wildman–Crippen MR) is 99.0 cm³/mol. The minimum absolute atomic E-state index is 0.121. The van der Waals surface area contributed by atoms with Crippen LogP contribution in [0.4, 0.5) is 10.6 Å². The van der Waals surface area contributed by atoms with Gasteiger partial charge in [-0.15, -0.1) is 0 Å². The molecule has 28 heavy (non-hydrogen) atoms. The topological polar surface area (TPSA) is 105 Å². The van der Waals surface area contributed by atoms with Crippen LogP contribution in [0.25, 0.3) is 0 Å². The summed E-state index contributed by atoms with van der Waals surface area (Å²) in [6.07, 6.45) is 2.08. The van der Waals surface area contributed by atoms with Gasteiger partial charge in [0.15, 0.2) is 5.41 Å². The third-order valence-electron chi connectivity index (χ3n) is 6.47. The molecule has 0 N–H and O–H groups in total. The molecule has 0 aliphatic carbocycles. The Morgan fingerprint density at radius 1 is 0.857 bits per heavy atom. The molecule has 1 aromatic heterocycles. The van der Waals surface area contributed by atoms with Crippen LogP contribution < -0.4 is 16.1 Å². The first-order valence-corrected chi connectivity index (χ1v) is 9.30. The Kier molecular flexibility index (Phi) is 3.82. The lowest BCUT2D eigenvalue weighted by Gasteiger charge is -2.54. The molecule has 1 unspecified atom stereocenters. The standard InChI is InChI=1S/C18H23N5O5/c1-19-12-10(13(24)20(2)16(19)27)9-18(11-7-5-6-8-23(11)12)14(25)21(3)17(28)22(4)15(18)26/h11H,5-9H2,1-4H3. The Labute approximate surface area is 160 Å². The smallest absolute Gasteiger partial charge is 0.332 e. The van der Waals surface area contributed by atoms with E-state index >= 15 is 0 Å². The lowest BCUT2D eigenvalue weighted by atomic mass is 9.66. The summed E-state index contributed by atoms with van der Waals surface area (Å²) in [5, 5.41) is 0. The van der Waals surface area contributed by atoms with E-state index in [1.165, 1.54) is 25.7 Å². The first-order chi connectivity index (χ1) is 13.1. The van der Waals surface area contributed by atoms with Crippen molar-refractivity contribution in [2.75, 3.05) is 25.5 Å². The average molecular weight is 389 g/mol.